The third-order valence-corrected chi connectivity index (χ3v) is 5.24. The smallest absolute Gasteiger partial charge is 0.144 e. The van der Waals surface area contributed by atoms with Crippen molar-refractivity contribution in [3.05, 3.63) is 16.0 Å². The van der Waals surface area contributed by atoms with Gasteiger partial charge in [0.15, 0.2) is 0 Å². The van der Waals surface area contributed by atoms with Gasteiger partial charge in [0, 0.05) is 18.4 Å². The molecule has 1 heterocycles. The largest absolute Gasteiger partial charge is 0.369 e. The minimum absolute atomic E-state index is 0.567. The van der Waals surface area contributed by atoms with E-state index in [2.05, 4.69) is 35.1 Å². The lowest BCUT2D eigenvalue weighted by Gasteiger charge is -2.15. The second-order valence-electron chi connectivity index (χ2n) is 6.45. The lowest BCUT2D eigenvalue weighted by atomic mass is 10.1. The van der Waals surface area contributed by atoms with E-state index in [9.17, 15) is 0 Å². The van der Waals surface area contributed by atoms with Gasteiger partial charge in [-0.25, -0.2) is 9.97 Å². The molecule has 2 aliphatic rings. The normalized spacial score (nSPS) is 25.9. The fraction of sp³-hybridized carbons (Fsp3) is 0.750. The molecular weight excluding hydrogens is 314 g/mol. The highest BCUT2D eigenvalue weighted by molar-refractivity contribution is 9.10. The quantitative estimate of drug-likeness (QED) is 0.835. The molecular formula is C16H24BrN3. The van der Waals surface area contributed by atoms with Crippen LogP contribution >= 0.6 is 15.9 Å². The topological polar surface area (TPSA) is 37.8 Å². The maximum Gasteiger partial charge on any atom is 0.144 e. The van der Waals surface area contributed by atoms with Gasteiger partial charge in [0.1, 0.15) is 11.6 Å². The second kappa shape index (κ2) is 6.00. The molecule has 0 aromatic carbocycles. The van der Waals surface area contributed by atoms with Gasteiger partial charge in [0.25, 0.3) is 0 Å². The van der Waals surface area contributed by atoms with E-state index in [0.717, 1.165) is 35.0 Å². The first-order valence-electron chi connectivity index (χ1n) is 8.00. The Morgan fingerprint density at radius 3 is 2.50 bits per heavy atom. The summed E-state index contributed by atoms with van der Waals surface area (Å²) >= 11 is 3.72. The molecule has 0 aliphatic heterocycles. The van der Waals surface area contributed by atoms with Crippen LogP contribution in [0.4, 0.5) is 5.82 Å². The third kappa shape index (κ3) is 3.00. The van der Waals surface area contributed by atoms with Crippen LogP contribution in [0.1, 0.15) is 75.7 Å². The number of anilines is 1. The lowest BCUT2D eigenvalue weighted by Crippen LogP contribution is -2.10. The van der Waals surface area contributed by atoms with Crippen LogP contribution in [-0.2, 0) is 0 Å². The second-order valence-corrected chi connectivity index (χ2v) is 7.24. The molecule has 0 saturated heterocycles. The van der Waals surface area contributed by atoms with Gasteiger partial charge in [0.2, 0.25) is 0 Å². The summed E-state index contributed by atoms with van der Waals surface area (Å²) in [4.78, 5) is 9.75. The molecule has 1 N–H and O–H groups in total. The monoisotopic (exact) mass is 337 g/mol. The van der Waals surface area contributed by atoms with Crippen LogP contribution in [0.2, 0.25) is 0 Å². The summed E-state index contributed by atoms with van der Waals surface area (Å²) < 4.78 is 1.10. The number of nitrogens with zero attached hydrogens (tertiary/aromatic N) is 2. The van der Waals surface area contributed by atoms with Crippen molar-refractivity contribution < 1.29 is 0 Å². The molecule has 1 aromatic heterocycles. The van der Waals surface area contributed by atoms with Crippen molar-refractivity contribution in [1.82, 2.24) is 9.97 Å². The number of hydrogen-bond donors (Lipinski definition) is 1. The zero-order valence-corrected chi connectivity index (χ0v) is 14.0. The Hall–Kier alpha value is -0.640. The number of halogens is 1. The van der Waals surface area contributed by atoms with Gasteiger partial charge in [-0.05, 0) is 60.4 Å². The van der Waals surface area contributed by atoms with E-state index in [1.807, 2.05) is 0 Å². The zero-order chi connectivity index (χ0) is 14.1. The summed E-state index contributed by atoms with van der Waals surface area (Å²) in [6.45, 7) is 5.50. The van der Waals surface area contributed by atoms with E-state index >= 15 is 0 Å². The molecule has 2 fully saturated rings. The van der Waals surface area contributed by atoms with Gasteiger partial charge in [-0.3, -0.25) is 0 Å². The van der Waals surface area contributed by atoms with E-state index in [1.54, 1.807) is 0 Å². The van der Waals surface area contributed by atoms with E-state index in [0.29, 0.717) is 11.8 Å². The molecule has 4 heteroatoms. The average molecular weight is 338 g/mol. The van der Waals surface area contributed by atoms with E-state index in [4.69, 9.17) is 9.97 Å². The molecule has 0 radical (unpaired) electrons. The molecule has 0 amide bonds. The van der Waals surface area contributed by atoms with E-state index < -0.39 is 0 Å². The Bertz CT molecular complexity index is 485. The van der Waals surface area contributed by atoms with Crippen molar-refractivity contribution in [3.63, 3.8) is 0 Å². The maximum atomic E-state index is 4.92. The molecule has 2 aliphatic carbocycles. The van der Waals surface area contributed by atoms with Gasteiger partial charge in [-0.1, -0.05) is 13.8 Å². The summed E-state index contributed by atoms with van der Waals surface area (Å²) in [6.07, 6.45) is 7.50. The SMILES string of the molecule is CCCNc1nc(C2CCC(C)C2)nc(C2CC2)c1Br. The fourth-order valence-corrected chi connectivity index (χ4v) is 3.74. The van der Waals surface area contributed by atoms with E-state index in [-0.39, 0.29) is 0 Å². The van der Waals surface area contributed by atoms with Crippen molar-refractivity contribution in [1.29, 1.82) is 0 Å². The summed E-state index contributed by atoms with van der Waals surface area (Å²) in [5, 5.41) is 3.46. The van der Waals surface area contributed by atoms with Crippen LogP contribution in [0.15, 0.2) is 4.47 Å². The van der Waals surface area contributed by atoms with Gasteiger partial charge in [-0.2, -0.15) is 0 Å². The summed E-state index contributed by atoms with van der Waals surface area (Å²) in [5.41, 5.74) is 1.24. The highest BCUT2D eigenvalue weighted by Gasteiger charge is 2.32. The van der Waals surface area contributed by atoms with Crippen LogP contribution in [0.3, 0.4) is 0 Å². The van der Waals surface area contributed by atoms with Crippen LogP contribution < -0.4 is 5.32 Å². The molecule has 0 spiro atoms. The minimum atomic E-state index is 0.567. The third-order valence-electron chi connectivity index (χ3n) is 4.46. The van der Waals surface area contributed by atoms with Crippen LogP contribution in [0.25, 0.3) is 0 Å². The molecule has 20 heavy (non-hydrogen) atoms. The van der Waals surface area contributed by atoms with Gasteiger partial charge in [0.05, 0.1) is 10.2 Å². The first kappa shape index (κ1) is 14.3. The number of hydrogen-bond acceptors (Lipinski definition) is 3. The van der Waals surface area contributed by atoms with E-state index in [1.165, 1.54) is 37.8 Å². The molecule has 2 saturated carbocycles. The van der Waals surface area contributed by atoms with Crippen molar-refractivity contribution >= 4 is 21.7 Å². The fourth-order valence-electron chi connectivity index (χ4n) is 3.09. The number of nitrogens with one attached hydrogen (secondary N) is 1. The van der Waals surface area contributed by atoms with Crippen molar-refractivity contribution in [2.45, 2.75) is 64.2 Å². The highest BCUT2D eigenvalue weighted by atomic mass is 79.9. The Labute approximate surface area is 130 Å². The molecule has 3 nitrogen and oxygen atoms in total. The summed E-state index contributed by atoms with van der Waals surface area (Å²) in [6, 6.07) is 0. The minimum Gasteiger partial charge on any atom is -0.369 e. The predicted molar refractivity (Wildman–Crippen MR) is 86.2 cm³/mol. The summed E-state index contributed by atoms with van der Waals surface area (Å²) in [7, 11) is 0. The zero-order valence-electron chi connectivity index (χ0n) is 12.5. The Kier molecular flexibility index (Phi) is 4.29. The van der Waals surface area contributed by atoms with Gasteiger partial charge >= 0.3 is 0 Å². The number of rotatable bonds is 5. The van der Waals surface area contributed by atoms with Crippen molar-refractivity contribution in [3.8, 4) is 0 Å². The molecule has 2 unspecified atom stereocenters. The van der Waals surface area contributed by atoms with Gasteiger partial charge in [-0.15, -0.1) is 0 Å². The highest BCUT2D eigenvalue weighted by Crippen LogP contribution is 2.45. The Morgan fingerprint density at radius 1 is 1.15 bits per heavy atom. The molecule has 110 valence electrons. The Balaban J connectivity index is 1.90. The molecule has 2 atom stereocenters. The first-order chi connectivity index (χ1) is 9.69. The van der Waals surface area contributed by atoms with Crippen molar-refractivity contribution in [2.75, 3.05) is 11.9 Å². The van der Waals surface area contributed by atoms with Crippen LogP contribution in [0.5, 0.6) is 0 Å². The molecule has 0 bridgehead atoms. The first-order valence-corrected chi connectivity index (χ1v) is 8.79. The average Bonchev–Trinajstić information content (AvgIpc) is 3.19. The van der Waals surface area contributed by atoms with Crippen LogP contribution in [-0.4, -0.2) is 16.5 Å². The molecule has 3 rings (SSSR count). The Morgan fingerprint density at radius 2 is 1.90 bits per heavy atom. The predicted octanol–water partition coefficient (Wildman–Crippen LogP) is 4.84. The van der Waals surface area contributed by atoms with Gasteiger partial charge < -0.3 is 5.32 Å². The van der Waals surface area contributed by atoms with Crippen molar-refractivity contribution in [2.24, 2.45) is 5.92 Å². The lowest BCUT2D eigenvalue weighted by molar-refractivity contribution is 0.583. The summed E-state index contributed by atoms with van der Waals surface area (Å²) in [5.74, 6) is 4.14. The maximum absolute atomic E-state index is 4.92. The molecule has 1 aromatic rings. The van der Waals surface area contributed by atoms with Crippen LogP contribution in [0, 0.1) is 5.92 Å². The standard InChI is InChI=1S/C16H24BrN3/c1-3-8-18-16-13(17)14(11-6-7-11)19-15(20-16)12-5-4-10(2)9-12/h10-12H,3-9H2,1-2H3,(H,18,19,20). The number of aromatic nitrogens is 2.